The number of aromatic amines is 1. The van der Waals surface area contributed by atoms with Crippen LogP contribution >= 0.6 is 0 Å². The Morgan fingerprint density at radius 3 is 2.62 bits per heavy atom. The summed E-state index contributed by atoms with van der Waals surface area (Å²) >= 11 is 0. The number of hydrogen-bond donors (Lipinski definition) is 3. The van der Waals surface area contributed by atoms with E-state index in [4.69, 9.17) is 9.47 Å². The first-order chi connectivity index (χ1) is 14.3. The Bertz CT molecular complexity index is 903. The molecule has 1 heterocycles. The molecule has 1 aromatic heterocycles. The van der Waals surface area contributed by atoms with Gasteiger partial charge in [-0.1, -0.05) is 30.3 Å². The lowest BCUT2D eigenvalue weighted by molar-refractivity contribution is 0.119. The number of hydrogen-bond acceptors (Lipinski definition) is 3. The molecule has 29 heavy (non-hydrogen) atoms. The van der Waals surface area contributed by atoms with Crippen molar-refractivity contribution in [2.24, 2.45) is 4.99 Å². The minimum atomic E-state index is 0.613. The van der Waals surface area contributed by atoms with E-state index in [1.54, 1.807) is 14.2 Å². The van der Waals surface area contributed by atoms with Gasteiger partial charge >= 0.3 is 0 Å². The van der Waals surface area contributed by atoms with Crippen LogP contribution in [-0.4, -0.2) is 44.8 Å². The Balaban J connectivity index is 1.29. The third-order valence-electron chi connectivity index (χ3n) is 4.77. The van der Waals surface area contributed by atoms with Gasteiger partial charge in [-0.3, -0.25) is 4.99 Å². The summed E-state index contributed by atoms with van der Waals surface area (Å²) in [5.41, 5.74) is 3.64. The fourth-order valence-electron chi connectivity index (χ4n) is 3.17. The van der Waals surface area contributed by atoms with Crippen LogP contribution in [0.15, 0.2) is 59.7 Å². The summed E-state index contributed by atoms with van der Waals surface area (Å²) in [6, 6.07) is 16.3. The van der Waals surface area contributed by atoms with E-state index in [9.17, 15) is 0 Å². The number of nitrogens with zero attached hydrogens (tertiary/aromatic N) is 1. The van der Waals surface area contributed by atoms with Gasteiger partial charge in [-0.05, 0) is 42.2 Å². The number of ether oxygens (including phenoxy) is 2. The number of aliphatic imine (C=N–C) groups is 1. The van der Waals surface area contributed by atoms with E-state index in [1.165, 1.54) is 16.5 Å². The second kappa shape index (κ2) is 11.1. The average molecular weight is 395 g/mol. The Morgan fingerprint density at radius 2 is 1.83 bits per heavy atom. The molecule has 0 saturated heterocycles. The van der Waals surface area contributed by atoms with Gasteiger partial charge in [-0.25, -0.2) is 0 Å². The van der Waals surface area contributed by atoms with E-state index in [0.717, 1.165) is 43.2 Å². The van der Waals surface area contributed by atoms with Gasteiger partial charge in [0.15, 0.2) is 5.96 Å². The van der Waals surface area contributed by atoms with Gasteiger partial charge in [0.05, 0.1) is 13.7 Å². The largest absolute Gasteiger partial charge is 0.497 e. The fourth-order valence-corrected chi connectivity index (χ4v) is 3.17. The van der Waals surface area contributed by atoms with Crippen LogP contribution in [0.2, 0.25) is 0 Å². The first-order valence-electron chi connectivity index (χ1n) is 10.0. The predicted molar refractivity (Wildman–Crippen MR) is 119 cm³/mol. The first-order valence-corrected chi connectivity index (χ1v) is 10.0. The van der Waals surface area contributed by atoms with Crippen molar-refractivity contribution in [3.8, 4) is 5.75 Å². The maximum Gasteiger partial charge on any atom is 0.190 e. The van der Waals surface area contributed by atoms with Gasteiger partial charge in [0, 0.05) is 43.8 Å². The van der Waals surface area contributed by atoms with Gasteiger partial charge < -0.3 is 25.1 Å². The number of para-hydroxylation sites is 1. The number of H-pyrrole nitrogens is 1. The molecule has 3 N–H and O–H groups in total. The minimum Gasteiger partial charge on any atom is -0.497 e. The highest BCUT2D eigenvalue weighted by Crippen LogP contribution is 2.17. The molecule has 0 aliphatic carbocycles. The topological polar surface area (TPSA) is 70.7 Å². The molecule has 0 radical (unpaired) electrons. The zero-order valence-corrected chi connectivity index (χ0v) is 17.2. The SMILES string of the molecule is CN=C(NCCCOCc1ccc(OC)cc1)NCCc1c[nH]c2ccccc12. The molecule has 0 unspecified atom stereocenters. The third-order valence-corrected chi connectivity index (χ3v) is 4.77. The van der Waals surface area contributed by atoms with Gasteiger partial charge in [-0.15, -0.1) is 0 Å². The van der Waals surface area contributed by atoms with Gasteiger partial charge in [0.25, 0.3) is 0 Å². The summed E-state index contributed by atoms with van der Waals surface area (Å²) in [6.45, 7) is 2.96. The molecule has 0 spiro atoms. The Kier molecular flexibility index (Phi) is 7.95. The standard InChI is InChI=1S/C23H30N4O2/c1-24-23(26-14-12-19-16-27-22-7-4-3-6-21(19)22)25-13-5-15-29-17-18-8-10-20(28-2)11-9-18/h3-4,6-11,16,27H,5,12-15,17H2,1-2H3,(H2,24,25,26). The van der Waals surface area contributed by atoms with Gasteiger partial charge in [-0.2, -0.15) is 0 Å². The van der Waals surface area contributed by atoms with Gasteiger partial charge in [0.1, 0.15) is 5.75 Å². The number of methoxy groups -OCH3 is 1. The zero-order chi connectivity index (χ0) is 20.3. The number of benzene rings is 2. The lowest BCUT2D eigenvalue weighted by Crippen LogP contribution is -2.39. The van der Waals surface area contributed by atoms with Crippen LogP contribution in [0.3, 0.4) is 0 Å². The molecular formula is C23H30N4O2. The van der Waals surface area contributed by atoms with E-state index in [2.05, 4.69) is 45.0 Å². The highest BCUT2D eigenvalue weighted by atomic mass is 16.5. The van der Waals surface area contributed by atoms with Crippen molar-refractivity contribution in [3.63, 3.8) is 0 Å². The van der Waals surface area contributed by atoms with E-state index in [0.29, 0.717) is 13.2 Å². The van der Waals surface area contributed by atoms with Crippen LogP contribution in [0, 0.1) is 0 Å². The van der Waals surface area contributed by atoms with Crippen LogP contribution in [0.5, 0.6) is 5.75 Å². The number of aromatic nitrogens is 1. The molecule has 0 saturated carbocycles. The number of guanidine groups is 1. The van der Waals surface area contributed by atoms with Crippen LogP contribution < -0.4 is 15.4 Å². The van der Waals surface area contributed by atoms with Crippen LogP contribution in [-0.2, 0) is 17.8 Å². The molecule has 0 amide bonds. The summed E-state index contributed by atoms with van der Waals surface area (Å²) in [4.78, 5) is 7.60. The zero-order valence-electron chi connectivity index (χ0n) is 17.2. The van der Waals surface area contributed by atoms with E-state index < -0.39 is 0 Å². The Labute approximate surface area is 172 Å². The fraction of sp³-hybridized carbons (Fsp3) is 0.348. The minimum absolute atomic E-state index is 0.613. The lowest BCUT2D eigenvalue weighted by Gasteiger charge is -2.12. The predicted octanol–water partition coefficient (Wildman–Crippen LogP) is 3.49. The molecule has 2 aromatic carbocycles. The number of rotatable bonds is 10. The van der Waals surface area contributed by atoms with Crippen LogP contribution in [0.1, 0.15) is 17.5 Å². The molecule has 6 nitrogen and oxygen atoms in total. The van der Waals surface area contributed by atoms with Crippen LogP contribution in [0.25, 0.3) is 10.9 Å². The Morgan fingerprint density at radius 1 is 1.03 bits per heavy atom. The second-order valence-electron chi connectivity index (χ2n) is 6.79. The monoisotopic (exact) mass is 394 g/mol. The summed E-state index contributed by atoms with van der Waals surface area (Å²) in [5, 5.41) is 7.99. The summed E-state index contributed by atoms with van der Waals surface area (Å²) in [6.07, 6.45) is 3.94. The van der Waals surface area contributed by atoms with Gasteiger partial charge in [0.2, 0.25) is 0 Å². The van der Waals surface area contributed by atoms with Crippen molar-refractivity contribution in [2.75, 3.05) is 33.9 Å². The molecule has 3 rings (SSSR count). The van der Waals surface area contributed by atoms with Crippen molar-refractivity contribution >= 4 is 16.9 Å². The normalized spacial score (nSPS) is 11.6. The van der Waals surface area contributed by atoms with Crippen molar-refractivity contribution in [1.29, 1.82) is 0 Å². The number of fused-ring (bicyclic) bond motifs is 1. The molecule has 3 aromatic rings. The first kappa shape index (κ1) is 20.7. The molecule has 6 heteroatoms. The van der Waals surface area contributed by atoms with E-state index >= 15 is 0 Å². The summed E-state index contributed by atoms with van der Waals surface area (Å²) in [5.74, 6) is 1.68. The van der Waals surface area contributed by atoms with Crippen molar-refractivity contribution < 1.29 is 9.47 Å². The molecule has 154 valence electrons. The molecule has 0 fully saturated rings. The molecule has 0 aliphatic rings. The summed E-state index contributed by atoms with van der Waals surface area (Å²) in [7, 11) is 3.46. The Hall–Kier alpha value is -2.99. The van der Waals surface area contributed by atoms with Crippen molar-refractivity contribution in [2.45, 2.75) is 19.4 Å². The maximum absolute atomic E-state index is 5.74. The van der Waals surface area contributed by atoms with E-state index in [-0.39, 0.29) is 0 Å². The second-order valence-corrected chi connectivity index (χ2v) is 6.79. The highest BCUT2D eigenvalue weighted by Gasteiger charge is 2.03. The summed E-state index contributed by atoms with van der Waals surface area (Å²) < 4.78 is 10.9. The van der Waals surface area contributed by atoms with Crippen molar-refractivity contribution in [1.82, 2.24) is 15.6 Å². The highest BCUT2D eigenvalue weighted by molar-refractivity contribution is 5.83. The van der Waals surface area contributed by atoms with Crippen molar-refractivity contribution in [3.05, 3.63) is 65.9 Å². The number of nitrogens with one attached hydrogen (secondary N) is 3. The molecular weight excluding hydrogens is 364 g/mol. The maximum atomic E-state index is 5.74. The third kappa shape index (κ3) is 6.26. The molecule has 0 bridgehead atoms. The quantitative estimate of drug-likeness (QED) is 0.280. The molecule has 0 aliphatic heterocycles. The van der Waals surface area contributed by atoms with Crippen LogP contribution in [0.4, 0.5) is 0 Å². The lowest BCUT2D eigenvalue weighted by atomic mass is 10.1. The van der Waals surface area contributed by atoms with E-state index in [1.807, 2.05) is 30.3 Å². The molecule has 0 atom stereocenters. The average Bonchev–Trinajstić information content (AvgIpc) is 3.18. The smallest absolute Gasteiger partial charge is 0.190 e.